The molecule has 0 radical (unpaired) electrons. The van der Waals surface area contributed by atoms with Crippen LogP contribution < -0.4 is 10.1 Å². The van der Waals surface area contributed by atoms with E-state index in [-0.39, 0.29) is 11.3 Å². The quantitative estimate of drug-likeness (QED) is 0.223. The third kappa shape index (κ3) is 4.89. The van der Waals surface area contributed by atoms with Gasteiger partial charge in [-0.25, -0.2) is 0 Å². The molecule has 1 amide bonds. The number of nitrogens with zero attached hydrogens (tertiary/aromatic N) is 3. The molecule has 0 saturated heterocycles. The van der Waals surface area contributed by atoms with Gasteiger partial charge in [0.15, 0.2) is 0 Å². The van der Waals surface area contributed by atoms with E-state index in [2.05, 4.69) is 5.32 Å². The molecule has 0 aliphatic rings. The van der Waals surface area contributed by atoms with Gasteiger partial charge < -0.3 is 14.6 Å². The van der Waals surface area contributed by atoms with Crippen molar-refractivity contribution in [3.8, 4) is 17.5 Å². The van der Waals surface area contributed by atoms with Gasteiger partial charge in [-0.1, -0.05) is 17.7 Å². The van der Waals surface area contributed by atoms with Crippen molar-refractivity contribution >= 4 is 35.0 Å². The molecule has 0 bridgehead atoms. The summed E-state index contributed by atoms with van der Waals surface area (Å²) in [7, 11) is 1.44. The number of amides is 1. The number of methoxy groups -OCH3 is 1. The van der Waals surface area contributed by atoms with Crippen molar-refractivity contribution in [3.05, 3.63) is 85.7 Å². The van der Waals surface area contributed by atoms with Crippen LogP contribution in [0.3, 0.4) is 0 Å². The molecule has 0 saturated carbocycles. The molecule has 9 heteroatoms. The van der Waals surface area contributed by atoms with Gasteiger partial charge in [-0.3, -0.25) is 14.9 Å². The second-order valence-electron chi connectivity index (χ2n) is 7.36. The normalized spacial score (nSPS) is 11.1. The number of rotatable bonds is 6. The number of aromatic nitrogens is 1. The van der Waals surface area contributed by atoms with Gasteiger partial charge in [0.05, 0.1) is 18.1 Å². The van der Waals surface area contributed by atoms with Crippen molar-refractivity contribution in [1.82, 2.24) is 4.57 Å². The standard InChI is InChI=1S/C24H21ClN4O4/c1-14-5-6-19(25)11-21(14)27-24(30)18(13-26)10-17-9-15(2)28(16(17)3)22-8-7-20(33-4)12-23(22)29(31)32/h5-12H,1-4H3,(H,27,30). The maximum Gasteiger partial charge on any atom is 0.296 e. The highest BCUT2D eigenvalue weighted by molar-refractivity contribution is 6.31. The molecule has 1 heterocycles. The van der Waals surface area contributed by atoms with E-state index in [0.29, 0.717) is 39.1 Å². The summed E-state index contributed by atoms with van der Waals surface area (Å²) in [6.07, 6.45) is 1.46. The van der Waals surface area contributed by atoms with Crippen molar-refractivity contribution in [2.24, 2.45) is 0 Å². The minimum absolute atomic E-state index is 0.112. The second kappa shape index (κ2) is 9.59. The number of carbonyl (C=O) groups is 1. The second-order valence-corrected chi connectivity index (χ2v) is 7.79. The van der Waals surface area contributed by atoms with Crippen LogP contribution in [0.15, 0.2) is 48.0 Å². The van der Waals surface area contributed by atoms with Gasteiger partial charge in [0.2, 0.25) is 0 Å². The van der Waals surface area contributed by atoms with Gasteiger partial charge in [0, 0.05) is 22.1 Å². The number of ether oxygens (including phenoxy) is 1. The Bertz CT molecular complexity index is 1330. The summed E-state index contributed by atoms with van der Waals surface area (Å²) in [5.74, 6) is -0.212. The van der Waals surface area contributed by atoms with E-state index in [4.69, 9.17) is 16.3 Å². The summed E-state index contributed by atoms with van der Waals surface area (Å²) >= 11 is 6.01. The molecule has 33 heavy (non-hydrogen) atoms. The van der Waals surface area contributed by atoms with Crippen LogP contribution in [-0.2, 0) is 4.79 Å². The Hall–Kier alpha value is -4.09. The number of carbonyl (C=O) groups excluding carboxylic acids is 1. The average Bonchev–Trinajstić information content (AvgIpc) is 3.06. The summed E-state index contributed by atoms with van der Waals surface area (Å²) in [6, 6.07) is 13.4. The smallest absolute Gasteiger partial charge is 0.296 e. The monoisotopic (exact) mass is 464 g/mol. The van der Waals surface area contributed by atoms with Crippen LogP contribution in [0.4, 0.5) is 11.4 Å². The fourth-order valence-electron chi connectivity index (χ4n) is 3.49. The number of nitro groups is 1. The zero-order chi connectivity index (χ0) is 24.3. The largest absolute Gasteiger partial charge is 0.496 e. The van der Waals surface area contributed by atoms with E-state index in [9.17, 15) is 20.2 Å². The molecule has 3 rings (SSSR count). The summed E-state index contributed by atoms with van der Waals surface area (Å²) in [5.41, 5.74) is 3.36. The number of halogens is 1. The Morgan fingerprint density at radius 1 is 1.21 bits per heavy atom. The molecule has 1 N–H and O–H groups in total. The van der Waals surface area contributed by atoms with E-state index in [1.165, 1.54) is 19.3 Å². The van der Waals surface area contributed by atoms with Gasteiger partial charge in [0.1, 0.15) is 23.1 Å². The SMILES string of the molecule is COc1ccc(-n2c(C)cc(C=C(C#N)C(=O)Nc3cc(Cl)ccc3C)c2C)c([N+](=O)[O-])c1. The van der Waals surface area contributed by atoms with Crippen LogP contribution in [0.1, 0.15) is 22.5 Å². The maximum atomic E-state index is 12.7. The number of nitrogens with one attached hydrogen (secondary N) is 1. The Morgan fingerprint density at radius 3 is 2.58 bits per heavy atom. The highest BCUT2D eigenvalue weighted by Gasteiger charge is 2.21. The molecule has 0 atom stereocenters. The molecule has 0 spiro atoms. The number of hydrogen-bond donors (Lipinski definition) is 1. The van der Waals surface area contributed by atoms with Crippen molar-refractivity contribution < 1.29 is 14.5 Å². The lowest BCUT2D eigenvalue weighted by Crippen LogP contribution is -2.14. The van der Waals surface area contributed by atoms with Crippen molar-refractivity contribution in [3.63, 3.8) is 0 Å². The number of nitriles is 1. The van der Waals surface area contributed by atoms with Crippen LogP contribution in [0, 0.1) is 42.2 Å². The van der Waals surface area contributed by atoms with Crippen molar-refractivity contribution in [2.45, 2.75) is 20.8 Å². The lowest BCUT2D eigenvalue weighted by atomic mass is 10.1. The molecule has 168 valence electrons. The molecule has 0 unspecified atom stereocenters. The van der Waals surface area contributed by atoms with E-state index >= 15 is 0 Å². The number of nitro benzene ring substituents is 1. The van der Waals surface area contributed by atoms with Gasteiger partial charge in [-0.15, -0.1) is 0 Å². The van der Waals surface area contributed by atoms with Crippen molar-refractivity contribution in [1.29, 1.82) is 5.26 Å². The predicted molar refractivity (Wildman–Crippen MR) is 127 cm³/mol. The summed E-state index contributed by atoms with van der Waals surface area (Å²) < 4.78 is 6.81. The van der Waals surface area contributed by atoms with Gasteiger partial charge in [-0.2, -0.15) is 5.26 Å². The molecule has 0 aliphatic carbocycles. The Labute approximate surface area is 195 Å². The topological polar surface area (TPSA) is 110 Å². The fourth-order valence-corrected chi connectivity index (χ4v) is 3.66. The Balaban J connectivity index is 2.03. The van der Waals surface area contributed by atoms with Crippen LogP contribution in [0.5, 0.6) is 5.75 Å². The van der Waals surface area contributed by atoms with Gasteiger partial charge in [0.25, 0.3) is 11.6 Å². The zero-order valence-corrected chi connectivity index (χ0v) is 19.2. The summed E-state index contributed by atoms with van der Waals surface area (Å²) in [5, 5.41) is 24.4. The van der Waals surface area contributed by atoms with Crippen LogP contribution in [0.2, 0.25) is 5.02 Å². The third-order valence-corrected chi connectivity index (χ3v) is 5.44. The molecular weight excluding hydrogens is 444 g/mol. The first-order chi connectivity index (χ1) is 15.7. The van der Waals surface area contributed by atoms with Crippen LogP contribution >= 0.6 is 11.6 Å². The van der Waals surface area contributed by atoms with E-state index in [0.717, 1.165) is 5.56 Å². The highest BCUT2D eigenvalue weighted by atomic mass is 35.5. The highest BCUT2D eigenvalue weighted by Crippen LogP contribution is 2.32. The molecule has 0 fully saturated rings. The fraction of sp³-hybridized carbons (Fsp3) is 0.167. The zero-order valence-electron chi connectivity index (χ0n) is 18.5. The van der Waals surface area contributed by atoms with E-state index < -0.39 is 10.8 Å². The molecule has 2 aromatic carbocycles. The number of hydrogen-bond acceptors (Lipinski definition) is 5. The number of benzene rings is 2. The first-order valence-electron chi connectivity index (χ1n) is 9.87. The summed E-state index contributed by atoms with van der Waals surface area (Å²) in [6.45, 7) is 5.37. The molecule has 1 aromatic heterocycles. The summed E-state index contributed by atoms with van der Waals surface area (Å²) in [4.78, 5) is 23.9. The van der Waals surface area contributed by atoms with Crippen LogP contribution in [-0.4, -0.2) is 22.5 Å². The lowest BCUT2D eigenvalue weighted by molar-refractivity contribution is -0.384. The third-order valence-electron chi connectivity index (χ3n) is 5.20. The number of aryl methyl sites for hydroxylation is 2. The molecular formula is C24H21ClN4O4. The van der Waals surface area contributed by atoms with Gasteiger partial charge >= 0.3 is 0 Å². The first kappa shape index (κ1) is 23.6. The maximum absolute atomic E-state index is 12.7. The Kier molecular flexibility index (Phi) is 6.85. The Morgan fingerprint density at radius 2 is 1.94 bits per heavy atom. The lowest BCUT2D eigenvalue weighted by Gasteiger charge is -2.11. The molecule has 0 aliphatic heterocycles. The first-order valence-corrected chi connectivity index (χ1v) is 10.2. The number of anilines is 1. The van der Waals surface area contributed by atoms with E-state index in [1.807, 2.05) is 13.0 Å². The van der Waals surface area contributed by atoms with Crippen molar-refractivity contribution in [2.75, 3.05) is 12.4 Å². The van der Waals surface area contributed by atoms with E-state index in [1.54, 1.807) is 54.8 Å². The minimum atomic E-state index is -0.580. The predicted octanol–water partition coefficient (Wildman–Crippen LogP) is 5.52. The van der Waals surface area contributed by atoms with Gasteiger partial charge in [-0.05, 0) is 68.3 Å². The average molecular weight is 465 g/mol. The minimum Gasteiger partial charge on any atom is -0.496 e. The molecule has 8 nitrogen and oxygen atoms in total. The van der Waals surface area contributed by atoms with Crippen LogP contribution in [0.25, 0.3) is 11.8 Å². The molecule has 3 aromatic rings.